The maximum Gasteiger partial charge on any atom is 0.119 e. The van der Waals surface area contributed by atoms with Gasteiger partial charge in [0.25, 0.3) is 0 Å². The zero-order chi connectivity index (χ0) is 17.6. The summed E-state index contributed by atoms with van der Waals surface area (Å²) in [7, 11) is 0. The lowest BCUT2D eigenvalue weighted by Gasteiger charge is -2.08. The van der Waals surface area contributed by atoms with E-state index in [4.69, 9.17) is 4.74 Å². The van der Waals surface area contributed by atoms with E-state index in [1.807, 2.05) is 30.6 Å². The zero-order valence-corrected chi connectivity index (χ0v) is 14.7. The number of hydrogen-bond acceptors (Lipinski definition) is 2. The second-order valence-electron chi connectivity index (χ2n) is 6.44. The summed E-state index contributed by atoms with van der Waals surface area (Å²) in [6, 6.07) is 27.1. The van der Waals surface area contributed by atoms with Gasteiger partial charge >= 0.3 is 0 Å². The van der Waals surface area contributed by atoms with Crippen molar-refractivity contribution >= 4 is 11.0 Å². The van der Waals surface area contributed by atoms with Gasteiger partial charge in [-0.05, 0) is 48.2 Å². The van der Waals surface area contributed by atoms with Gasteiger partial charge in [0, 0.05) is 6.54 Å². The molecule has 0 spiro atoms. The summed E-state index contributed by atoms with van der Waals surface area (Å²) in [4.78, 5) is 4.42. The lowest BCUT2D eigenvalue weighted by Crippen LogP contribution is -2.03. The molecule has 130 valence electrons. The number of benzene rings is 3. The van der Waals surface area contributed by atoms with Crippen molar-refractivity contribution in [3.8, 4) is 5.75 Å². The Morgan fingerprint density at radius 3 is 2.35 bits per heavy atom. The second-order valence-corrected chi connectivity index (χ2v) is 6.44. The summed E-state index contributed by atoms with van der Waals surface area (Å²) >= 11 is 0. The van der Waals surface area contributed by atoms with Crippen LogP contribution in [0.5, 0.6) is 5.75 Å². The highest BCUT2D eigenvalue weighted by atomic mass is 16.5. The topological polar surface area (TPSA) is 27.1 Å². The molecule has 0 unspecified atom stereocenters. The van der Waals surface area contributed by atoms with Crippen LogP contribution in [0.25, 0.3) is 11.0 Å². The highest BCUT2D eigenvalue weighted by Crippen LogP contribution is 2.16. The van der Waals surface area contributed by atoms with Crippen molar-refractivity contribution < 1.29 is 4.74 Å². The second kappa shape index (κ2) is 7.87. The van der Waals surface area contributed by atoms with Crippen molar-refractivity contribution in [2.75, 3.05) is 6.61 Å². The van der Waals surface area contributed by atoms with Gasteiger partial charge in [-0.15, -0.1) is 0 Å². The van der Waals surface area contributed by atoms with E-state index in [1.54, 1.807) is 0 Å². The van der Waals surface area contributed by atoms with Crippen molar-refractivity contribution in [2.24, 2.45) is 0 Å². The van der Waals surface area contributed by atoms with Crippen molar-refractivity contribution in [1.29, 1.82) is 0 Å². The molecule has 0 bridgehead atoms. The number of nitrogens with zero attached hydrogens (tertiary/aromatic N) is 2. The molecule has 3 heteroatoms. The van der Waals surface area contributed by atoms with E-state index in [9.17, 15) is 0 Å². The molecule has 0 saturated carbocycles. The Balaban J connectivity index is 1.27. The van der Waals surface area contributed by atoms with Gasteiger partial charge in [0.15, 0.2) is 0 Å². The summed E-state index contributed by atoms with van der Waals surface area (Å²) < 4.78 is 8.07. The van der Waals surface area contributed by atoms with Crippen molar-refractivity contribution in [3.63, 3.8) is 0 Å². The van der Waals surface area contributed by atoms with E-state index in [2.05, 4.69) is 64.1 Å². The minimum Gasteiger partial charge on any atom is -0.494 e. The van der Waals surface area contributed by atoms with Crippen LogP contribution >= 0.6 is 0 Å². The molecule has 0 amide bonds. The van der Waals surface area contributed by atoms with E-state index < -0.39 is 0 Å². The molecule has 0 aliphatic carbocycles. The third kappa shape index (κ3) is 3.94. The third-order valence-electron chi connectivity index (χ3n) is 4.51. The van der Waals surface area contributed by atoms with Crippen LogP contribution in [0.3, 0.4) is 0 Å². The Morgan fingerprint density at radius 2 is 1.50 bits per heavy atom. The summed E-state index contributed by atoms with van der Waals surface area (Å²) in [5.74, 6) is 0.928. The Labute approximate surface area is 153 Å². The lowest BCUT2D eigenvalue weighted by atomic mass is 10.1. The molecular formula is C23H22N2O. The average molecular weight is 342 g/mol. The molecule has 4 aromatic rings. The number of aryl methyl sites for hydroxylation is 1. The molecule has 0 atom stereocenters. The Kier molecular flexibility index (Phi) is 4.97. The Morgan fingerprint density at radius 1 is 0.769 bits per heavy atom. The van der Waals surface area contributed by atoms with Crippen LogP contribution in [0.4, 0.5) is 0 Å². The number of imidazole rings is 1. The molecule has 0 saturated heterocycles. The van der Waals surface area contributed by atoms with Gasteiger partial charge in [0.05, 0.1) is 24.0 Å². The standard InChI is InChI=1S/C23H22N2O/c1-2-7-19(8-3-1)17-20-11-13-21(14-12-20)26-16-6-15-25-18-24-22-9-4-5-10-23(22)25/h1-5,7-14,18H,6,15-17H2. The first kappa shape index (κ1) is 16.4. The predicted molar refractivity (Wildman–Crippen MR) is 106 cm³/mol. The normalized spacial score (nSPS) is 10.9. The number of aromatic nitrogens is 2. The van der Waals surface area contributed by atoms with Crippen LogP contribution < -0.4 is 4.74 Å². The Hall–Kier alpha value is -3.07. The zero-order valence-electron chi connectivity index (χ0n) is 14.7. The van der Waals surface area contributed by atoms with Gasteiger partial charge in [-0.25, -0.2) is 4.98 Å². The van der Waals surface area contributed by atoms with Crippen molar-refractivity contribution in [1.82, 2.24) is 9.55 Å². The molecule has 0 radical (unpaired) electrons. The van der Waals surface area contributed by atoms with Crippen LogP contribution in [0.1, 0.15) is 17.5 Å². The first-order valence-corrected chi connectivity index (χ1v) is 9.04. The van der Waals surface area contributed by atoms with E-state index in [1.165, 1.54) is 16.6 Å². The van der Waals surface area contributed by atoms with E-state index >= 15 is 0 Å². The quantitative estimate of drug-likeness (QED) is 0.437. The number of fused-ring (bicyclic) bond motifs is 1. The molecule has 4 rings (SSSR count). The maximum atomic E-state index is 5.89. The van der Waals surface area contributed by atoms with Crippen LogP contribution in [0.15, 0.2) is 85.2 Å². The van der Waals surface area contributed by atoms with Crippen LogP contribution in [0.2, 0.25) is 0 Å². The molecule has 26 heavy (non-hydrogen) atoms. The highest BCUT2D eigenvalue weighted by molar-refractivity contribution is 5.74. The number of para-hydroxylation sites is 2. The lowest BCUT2D eigenvalue weighted by molar-refractivity contribution is 0.302. The van der Waals surface area contributed by atoms with Crippen LogP contribution in [-0.4, -0.2) is 16.2 Å². The first-order valence-electron chi connectivity index (χ1n) is 9.04. The molecule has 3 nitrogen and oxygen atoms in total. The molecule has 1 heterocycles. The van der Waals surface area contributed by atoms with Gasteiger partial charge in [0.2, 0.25) is 0 Å². The molecule has 0 N–H and O–H groups in total. The largest absolute Gasteiger partial charge is 0.494 e. The third-order valence-corrected chi connectivity index (χ3v) is 4.51. The van der Waals surface area contributed by atoms with Gasteiger partial charge in [-0.1, -0.05) is 54.6 Å². The molecule has 0 aliphatic heterocycles. The fourth-order valence-corrected chi connectivity index (χ4v) is 3.15. The molecule has 0 fully saturated rings. The monoisotopic (exact) mass is 342 g/mol. The minimum atomic E-state index is 0.699. The van der Waals surface area contributed by atoms with Crippen LogP contribution in [0, 0.1) is 0 Å². The van der Waals surface area contributed by atoms with Gasteiger partial charge < -0.3 is 9.30 Å². The summed E-state index contributed by atoms with van der Waals surface area (Å²) in [5.41, 5.74) is 4.85. The maximum absolute atomic E-state index is 5.89. The van der Waals surface area contributed by atoms with Crippen molar-refractivity contribution in [3.05, 3.63) is 96.3 Å². The van der Waals surface area contributed by atoms with Gasteiger partial charge in [0.1, 0.15) is 5.75 Å². The summed E-state index contributed by atoms with van der Waals surface area (Å²) in [5, 5.41) is 0. The van der Waals surface area contributed by atoms with E-state index in [0.717, 1.165) is 30.7 Å². The SMILES string of the molecule is c1ccc(Cc2ccc(OCCCn3cnc4ccccc43)cc2)cc1. The summed E-state index contributed by atoms with van der Waals surface area (Å²) in [6.07, 6.45) is 3.81. The van der Waals surface area contributed by atoms with E-state index in [0.29, 0.717) is 6.61 Å². The Bertz CT molecular complexity index is 958. The minimum absolute atomic E-state index is 0.699. The number of rotatable bonds is 7. The molecule has 0 aliphatic rings. The fraction of sp³-hybridized carbons (Fsp3) is 0.174. The first-order chi connectivity index (χ1) is 12.9. The fourth-order valence-electron chi connectivity index (χ4n) is 3.15. The molecule has 3 aromatic carbocycles. The van der Waals surface area contributed by atoms with Crippen LogP contribution in [-0.2, 0) is 13.0 Å². The van der Waals surface area contributed by atoms with E-state index in [-0.39, 0.29) is 0 Å². The summed E-state index contributed by atoms with van der Waals surface area (Å²) in [6.45, 7) is 1.61. The van der Waals surface area contributed by atoms with Crippen molar-refractivity contribution in [2.45, 2.75) is 19.4 Å². The molecular weight excluding hydrogens is 320 g/mol. The van der Waals surface area contributed by atoms with Gasteiger partial charge in [-0.2, -0.15) is 0 Å². The highest BCUT2D eigenvalue weighted by Gasteiger charge is 2.02. The predicted octanol–water partition coefficient (Wildman–Crippen LogP) is 5.10. The number of ether oxygens (including phenoxy) is 1. The van der Waals surface area contributed by atoms with Gasteiger partial charge in [-0.3, -0.25) is 0 Å². The average Bonchev–Trinajstić information content (AvgIpc) is 3.11. The molecule has 1 aromatic heterocycles. The smallest absolute Gasteiger partial charge is 0.119 e. The number of hydrogen-bond donors (Lipinski definition) is 0.